The molecule has 0 aromatic carbocycles. The minimum atomic E-state index is -0.275. The van der Waals surface area contributed by atoms with Gasteiger partial charge in [0.2, 0.25) is 6.41 Å². The third kappa shape index (κ3) is 2.22. The van der Waals surface area contributed by atoms with Crippen LogP contribution >= 0.6 is 0 Å². The van der Waals surface area contributed by atoms with Gasteiger partial charge in [-0.1, -0.05) is 0 Å². The van der Waals surface area contributed by atoms with Gasteiger partial charge >= 0.3 is 5.97 Å². The average molecular weight is 157 g/mol. The van der Waals surface area contributed by atoms with Crippen molar-refractivity contribution in [3.05, 3.63) is 0 Å². The number of carbonyl (C=O) groups is 2. The summed E-state index contributed by atoms with van der Waals surface area (Å²) in [6, 6.07) is 0. The van der Waals surface area contributed by atoms with E-state index in [2.05, 4.69) is 0 Å². The summed E-state index contributed by atoms with van der Waals surface area (Å²) in [6.07, 6.45) is 1.46. The zero-order chi connectivity index (χ0) is 8.27. The van der Waals surface area contributed by atoms with Gasteiger partial charge in [0, 0.05) is 19.9 Å². The molecule has 11 heavy (non-hydrogen) atoms. The Morgan fingerprint density at radius 3 is 2.91 bits per heavy atom. The molecule has 0 spiro atoms. The lowest BCUT2D eigenvalue weighted by molar-refractivity contribution is -0.146. The number of nitrogens with zero attached hydrogens (tertiary/aromatic N) is 1. The lowest BCUT2D eigenvalue weighted by Crippen LogP contribution is -2.22. The minimum absolute atomic E-state index is 0.0855. The van der Waals surface area contributed by atoms with Crippen LogP contribution in [0.25, 0.3) is 0 Å². The molecule has 1 saturated heterocycles. The molecular weight excluding hydrogens is 146 g/mol. The van der Waals surface area contributed by atoms with Crippen LogP contribution in [0.2, 0.25) is 0 Å². The molecule has 0 N–H and O–H groups in total. The summed E-state index contributed by atoms with van der Waals surface area (Å²) in [5, 5.41) is 0. The Morgan fingerprint density at radius 2 is 2.45 bits per heavy atom. The van der Waals surface area contributed by atoms with Gasteiger partial charge in [-0.05, 0) is 0 Å². The molecule has 1 atom stereocenters. The van der Waals surface area contributed by atoms with Gasteiger partial charge in [0.25, 0.3) is 0 Å². The van der Waals surface area contributed by atoms with Crippen LogP contribution in [0.4, 0.5) is 0 Å². The Hall–Kier alpha value is -1.06. The molecule has 0 saturated carbocycles. The minimum Gasteiger partial charge on any atom is -0.461 e. The Morgan fingerprint density at radius 1 is 1.73 bits per heavy atom. The monoisotopic (exact) mass is 157 g/mol. The molecule has 0 radical (unpaired) electrons. The standard InChI is InChI=1S/C7H11NO3/c1-6(10)11-7-2-3-8(4-7)5-9/h5,7H,2-4H2,1H3. The van der Waals surface area contributed by atoms with Crippen molar-refractivity contribution in [1.82, 2.24) is 4.90 Å². The van der Waals surface area contributed by atoms with Crippen molar-refractivity contribution < 1.29 is 14.3 Å². The zero-order valence-corrected chi connectivity index (χ0v) is 6.45. The SMILES string of the molecule is CC(=O)OC1CCN(C=O)C1. The third-order valence-corrected chi connectivity index (χ3v) is 1.66. The highest BCUT2D eigenvalue weighted by molar-refractivity contribution is 5.66. The first kappa shape index (κ1) is 8.04. The van der Waals surface area contributed by atoms with Crippen molar-refractivity contribution in [3.8, 4) is 0 Å². The number of rotatable bonds is 2. The van der Waals surface area contributed by atoms with Gasteiger partial charge < -0.3 is 9.64 Å². The molecule has 1 aliphatic heterocycles. The van der Waals surface area contributed by atoms with E-state index in [1.807, 2.05) is 0 Å². The van der Waals surface area contributed by atoms with E-state index >= 15 is 0 Å². The van der Waals surface area contributed by atoms with Crippen LogP contribution in [0, 0.1) is 0 Å². The quantitative estimate of drug-likeness (QED) is 0.411. The van der Waals surface area contributed by atoms with Crippen LogP contribution in [0.1, 0.15) is 13.3 Å². The summed E-state index contributed by atoms with van der Waals surface area (Å²) in [6.45, 7) is 2.62. The average Bonchev–Trinajstić information content (AvgIpc) is 2.34. The molecule has 1 rings (SSSR count). The lowest BCUT2D eigenvalue weighted by atomic mass is 10.3. The molecule has 4 heteroatoms. The predicted molar refractivity (Wildman–Crippen MR) is 37.8 cm³/mol. The predicted octanol–water partition coefficient (Wildman–Crippen LogP) is -0.220. The summed E-state index contributed by atoms with van der Waals surface area (Å²) in [5.41, 5.74) is 0. The van der Waals surface area contributed by atoms with Crippen LogP contribution in [0.5, 0.6) is 0 Å². The third-order valence-electron chi connectivity index (χ3n) is 1.66. The largest absolute Gasteiger partial charge is 0.461 e. The van der Waals surface area contributed by atoms with Crippen LogP contribution < -0.4 is 0 Å². The van der Waals surface area contributed by atoms with Gasteiger partial charge in [-0.25, -0.2) is 0 Å². The second-order valence-electron chi connectivity index (χ2n) is 2.62. The first-order valence-corrected chi connectivity index (χ1v) is 3.59. The van der Waals surface area contributed by atoms with E-state index in [4.69, 9.17) is 4.74 Å². The van der Waals surface area contributed by atoms with Gasteiger partial charge in [-0.15, -0.1) is 0 Å². The Bertz CT molecular complexity index is 169. The van der Waals surface area contributed by atoms with E-state index in [0.717, 1.165) is 12.8 Å². The number of hydrogen-bond acceptors (Lipinski definition) is 3. The second-order valence-corrected chi connectivity index (χ2v) is 2.62. The van der Waals surface area contributed by atoms with E-state index in [9.17, 15) is 9.59 Å². The Labute approximate surface area is 65.1 Å². The second kappa shape index (κ2) is 3.37. The van der Waals surface area contributed by atoms with E-state index in [-0.39, 0.29) is 12.1 Å². The highest BCUT2D eigenvalue weighted by atomic mass is 16.5. The van der Waals surface area contributed by atoms with Crippen LogP contribution in [0.3, 0.4) is 0 Å². The van der Waals surface area contributed by atoms with E-state index < -0.39 is 0 Å². The maximum absolute atomic E-state index is 10.5. The number of likely N-dealkylation sites (tertiary alicyclic amines) is 1. The van der Waals surface area contributed by atoms with Gasteiger partial charge in [-0.2, -0.15) is 0 Å². The molecule has 0 aromatic rings. The number of amides is 1. The summed E-state index contributed by atoms with van der Waals surface area (Å²) in [5.74, 6) is -0.275. The Balaban J connectivity index is 2.29. The number of carbonyl (C=O) groups excluding carboxylic acids is 2. The molecule has 0 bridgehead atoms. The molecule has 0 aliphatic carbocycles. The van der Waals surface area contributed by atoms with Gasteiger partial charge in [0.1, 0.15) is 6.10 Å². The normalized spacial score (nSPS) is 23.4. The van der Waals surface area contributed by atoms with E-state index in [0.29, 0.717) is 13.1 Å². The smallest absolute Gasteiger partial charge is 0.302 e. The van der Waals surface area contributed by atoms with Gasteiger partial charge in [-0.3, -0.25) is 9.59 Å². The fourth-order valence-electron chi connectivity index (χ4n) is 1.18. The Kier molecular flexibility index (Phi) is 2.46. The maximum Gasteiger partial charge on any atom is 0.302 e. The zero-order valence-electron chi connectivity index (χ0n) is 6.45. The highest BCUT2D eigenvalue weighted by Crippen LogP contribution is 2.10. The van der Waals surface area contributed by atoms with Gasteiger partial charge in [0.15, 0.2) is 0 Å². The fourth-order valence-corrected chi connectivity index (χ4v) is 1.18. The van der Waals surface area contributed by atoms with Crippen LogP contribution in [-0.2, 0) is 14.3 Å². The molecule has 1 heterocycles. The van der Waals surface area contributed by atoms with E-state index in [1.54, 1.807) is 4.90 Å². The van der Waals surface area contributed by atoms with Gasteiger partial charge in [0.05, 0.1) is 6.54 Å². The van der Waals surface area contributed by atoms with Crippen molar-refractivity contribution in [3.63, 3.8) is 0 Å². The molecule has 1 aliphatic rings. The summed E-state index contributed by atoms with van der Waals surface area (Å²) >= 11 is 0. The van der Waals surface area contributed by atoms with Crippen molar-refractivity contribution in [2.24, 2.45) is 0 Å². The summed E-state index contributed by atoms with van der Waals surface area (Å²) < 4.78 is 4.90. The maximum atomic E-state index is 10.5. The van der Waals surface area contributed by atoms with Crippen molar-refractivity contribution in [2.45, 2.75) is 19.4 Å². The molecule has 1 fully saturated rings. The summed E-state index contributed by atoms with van der Waals surface area (Å²) in [7, 11) is 0. The topological polar surface area (TPSA) is 46.6 Å². The molecule has 62 valence electrons. The lowest BCUT2D eigenvalue weighted by Gasteiger charge is -2.09. The molecule has 4 nitrogen and oxygen atoms in total. The van der Waals surface area contributed by atoms with Crippen LogP contribution in [-0.4, -0.2) is 36.5 Å². The molecule has 0 aromatic heterocycles. The van der Waals surface area contributed by atoms with E-state index in [1.165, 1.54) is 6.92 Å². The first-order valence-electron chi connectivity index (χ1n) is 3.59. The molecule has 1 amide bonds. The number of ether oxygens (including phenoxy) is 1. The number of hydrogen-bond donors (Lipinski definition) is 0. The highest BCUT2D eigenvalue weighted by Gasteiger charge is 2.22. The summed E-state index contributed by atoms with van der Waals surface area (Å²) in [4.78, 5) is 22.3. The first-order chi connectivity index (χ1) is 5.22. The van der Waals surface area contributed by atoms with Crippen molar-refractivity contribution in [2.75, 3.05) is 13.1 Å². The van der Waals surface area contributed by atoms with Crippen molar-refractivity contribution >= 4 is 12.4 Å². The fraction of sp³-hybridized carbons (Fsp3) is 0.714. The van der Waals surface area contributed by atoms with Crippen molar-refractivity contribution in [1.29, 1.82) is 0 Å². The van der Waals surface area contributed by atoms with Crippen LogP contribution in [0.15, 0.2) is 0 Å². The number of esters is 1. The molecule has 1 unspecified atom stereocenters. The molecular formula is C7H11NO3.